The lowest BCUT2D eigenvalue weighted by Crippen LogP contribution is -2.55. The van der Waals surface area contributed by atoms with Gasteiger partial charge in [-0.25, -0.2) is 0 Å². The molecule has 3 aliphatic heterocycles. The number of benzene rings is 2. The van der Waals surface area contributed by atoms with Crippen molar-refractivity contribution >= 4 is 27.5 Å². The monoisotopic (exact) mass is 481 g/mol. The van der Waals surface area contributed by atoms with Crippen LogP contribution in [0.5, 0.6) is 5.75 Å². The molecule has 2 saturated heterocycles. The first-order valence-corrected chi connectivity index (χ1v) is 11.0. The van der Waals surface area contributed by atoms with E-state index < -0.39 is 17.5 Å². The van der Waals surface area contributed by atoms with Crippen LogP contribution in [-0.2, 0) is 10.3 Å². The van der Waals surface area contributed by atoms with Crippen LogP contribution in [0.2, 0.25) is 0 Å². The van der Waals surface area contributed by atoms with Crippen molar-refractivity contribution in [2.75, 3.05) is 18.5 Å². The van der Waals surface area contributed by atoms with Gasteiger partial charge in [0, 0.05) is 28.8 Å². The number of rotatable bonds is 4. The number of terminal acetylenes is 1. The van der Waals surface area contributed by atoms with E-state index in [-0.39, 0.29) is 23.5 Å². The Morgan fingerprint density at radius 3 is 2.90 bits per heavy atom. The van der Waals surface area contributed by atoms with E-state index in [2.05, 4.69) is 32.1 Å². The average Bonchev–Trinajstić information content (AvgIpc) is 3.40. The summed E-state index contributed by atoms with van der Waals surface area (Å²) in [6.45, 7) is 0.785. The number of hydrogen-bond donors (Lipinski definition) is 1. The second kappa shape index (κ2) is 7.36. The Kier molecular flexibility index (Phi) is 4.76. The first-order valence-electron chi connectivity index (χ1n) is 10.2. The molecule has 1 amide bonds. The van der Waals surface area contributed by atoms with E-state index in [1.54, 1.807) is 6.07 Å². The van der Waals surface area contributed by atoms with E-state index in [1.165, 1.54) is 0 Å². The fourth-order valence-corrected chi connectivity index (χ4v) is 6.25. The summed E-state index contributed by atoms with van der Waals surface area (Å²) in [5, 5.41) is 15.5. The van der Waals surface area contributed by atoms with Crippen molar-refractivity contribution in [3.63, 3.8) is 0 Å². The van der Waals surface area contributed by atoms with Gasteiger partial charge >= 0.3 is 0 Å². The maximum Gasteiger partial charge on any atom is 0.256 e. The summed E-state index contributed by atoms with van der Waals surface area (Å²) in [7, 11) is 0. The number of fused-ring (bicyclic) bond motifs is 4. The molecule has 1 N–H and O–H groups in total. The van der Waals surface area contributed by atoms with Crippen molar-refractivity contribution in [3.8, 4) is 18.1 Å². The van der Waals surface area contributed by atoms with Gasteiger partial charge < -0.3 is 10.1 Å². The van der Waals surface area contributed by atoms with Gasteiger partial charge in [-0.3, -0.25) is 19.8 Å². The van der Waals surface area contributed by atoms with Crippen molar-refractivity contribution in [2.45, 2.75) is 36.4 Å². The highest BCUT2D eigenvalue weighted by Gasteiger charge is 2.73. The highest BCUT2D eigenvalue weighted by molar-refractivity contribution is 9.10. The fraction of sp³-hybridized carbons (Fsp3) is 0.348. The number of anilines is 1. The molecule has 0 aromatic heterocycles. The molecule has 1 spiro atoms. The quantitative estimate of drug-likeness (QED) is 0.410. The zero-order valence-corrected chi connectivity index (χ0v) is 18.2. The third-order valence-corrected chi connectivity index (χ3v) is 7.37. The second-order valence-electron chi connectivity index (χ2n) is 8.11. The molecule has 8 heteroatoms. The van der Waals surface area contributed by atoms with Crippen LogP contribution in [0.1, 0.15) is 29.9 Å². The maximum atomic E-state index is 13.4. The van der Waals surface area contributed by atoms with Crippen molar-refractivity contribution in [1.29, 1.82) is 0 Å². The SMILES string of the molecule is C#CCOc1ccc([C@H]2[C@H]([N+](=O)[O-])[C@]3(C(=O)Nc4ccccc43)N3CCC[C@@H]23)cc1Br. The van der Waals surface area contributed by atoms with Crippen molar-refractivity contribution in [1.82, 2.24) is 4.90 Å². The number of halogens is 1. The zero-order valence-electron chi connectivity index (χ0n) is 16.6. The molecule has 3 heterocycles. The highest BCUT2D eigenvalue weighted by Crippen LogP contribution is 2.58. The van der Waals surface area contributed by atoms with Crippen LogP contribution >= 0.6 is 15.9 Å². The Morgan fingerprint density at radius 1 is 1.35 bits per heavy atom. The zero-order chi connectivity index (χ0) is 21.8. The van der Waals surface area contributed by atoms with E-state index in [4.69, 9.17) is 11.2 Å². The number of hydrogen-bond acceptors (Lipinski definition) is 5. The van der Waals surface area contributed by atoms with Gasteiger partial charge in [0.05, 0.1) is 10.4 Å². The Bertz CT molecular complexity index is 1130. The number of nitro groups is 1. The summed E-state index contributed by atoms with van der Waals surface area (Å²) in [4.78, 5) is 27.8. The number of amides is 1. The molecule has 0 saturated carbocycles. The highest BCUT2D eigenvalue weighted by atomic mass is 79.9. The van der Waals surface area contributed by atoms with Gasteiger partial charge in [0.25, 0.3) is 11.9 Å². The first-order chi connectivity index (χ1) is 15.0. The summed E-state index contributed by atoms with van der Waals surface area (Å²) in [5.41, 5.74) is 0.860. The summed E-state index contributed by atoms with van der Waals surface area (Å²) in [6, 6.07) is 11.6. The Morgan fingerprint density at radius 2 is 2.16 bits per heavy atom. The Balaban J connectivity index is 1.66. The van der Waals surface area contributed by atoms with E-state index in [0.717, 1.165) is 18.4 Å². The fourth-order valence-electron chi connectivity index (χ4n) is 5.74. The number of para-hydroxylation sites is 1. The summed E-state index contributed by atoms with van der Waals surface area (Å²) >= 11 is 3.51. The van der Waals surface area contributed by atoms with Gasteiger partial charge in [0.2, 0.25) is 0 Å². The maximum absolute atomic E-state index is 13.4. The molecule has 31 heavy (non-hydrogen) atoms. The van der Waals surface area contributed by atoms with Crippen LogP contribution in [0, 0.1) is 22.5 Å². The predicted octanol–water partition coefficient (Wildman–Crippen LogP) is 3.52. The minimum Gasteiger partial charge on any atom is -0.480 e. The third-order valence-electron chi connectivity index (χ3n) is 6.75. The minimum absolute atomic E-state index is 0.100. The van der Waals surface area contributed by atoms with Crippen LogP contribution in [0.25, 0.3) is 0 Å². The van der Waals surface area contributed by atoms with Gasteiger partial charge in [0.1, 0.15) is 12.4 Å². The molecule has 0 aliphatic carbocycles. The van der Waals surface area contributed by atoms with Crippen molar-refractivity contribution < 1.29 is 14.5 Å². The van der Waals surface area contributed by atoms with Crippen molar-refractivity contribution in [3.05, 3.63) is 68.2 Å². The van der Waals surface area contributed by atoms with Gasteiger partial charge in [-0.2, -0.15) is 0 Å². The van der Waals surface area contributed by atoms with Gasteiger partial charge in [-0.1, -0.05) is 30.2 Å². The van der Waals surface area contributed by atoms with Gasteiger partial charge in [0.15, 0.2) is 5.54 Å². The van der Waals surface area contributed by atoms with Crippen LogP contribution < -0.4 is 10.1 Å². The molecule has 0 radical (unpaired) electrons. The molecule has 5 rings (SSSR count). The van der Waals surface area contributed by atoms with Gasteiger partial charge in [-0.15, -0.1) is 6.42 Å². The summed E-state index contributed by atoms with van der Waals surface area (Å²) < 4.78 is 6.21. The number of nitrogens with zero attached hydrogens (tertiary/aromatic N) is 2. The summed E-state index contributed by atoms with van der Waals surface area (Å²) in [6.07, 6.45) is 6.98. The van der Waals surface area contributed by atoms with E-state index in [0.29, 0.717) is 28.0 Å². The largest absolute Gasteiger partial charge is 0.480 e. The summed E-state index contributed by atoms with van der Waals surface area (Å²) in [5.74, 6) is 2.27. The minimum atomic E-state index is -1.31. The number of ether oxygens (including phenoxy) is 1. The lowest BCUT2D eigenvalue weighted by atomic mass is 9.77. The van der Waals surface area contributed by atoms with Gasteiger partial charge in [-0.05, 0) is 52.5 Å². The first kappa shape index (κ1) is 20.0. The van der Waals surface area contributed by atoms with Crippen LogP contribution in [-0.4, -0.2) is 41.0 Å². The smallest absolute Gasteiger partial charge is 0.256 e. The number of nitrogens with one attached hydrogen (secondary N) is 1. The lowest BCUT2D eigenvalue weighted by Gasteiger charge is -2.32. The molecule has 0 bridgehead atoms. The lowest BCUT2D eigenvalue weighted by molar-refractivity contribution is -0.534. The molecular weight excluding hydrogens is 462 g/mol. The van der Waals surface area contributed by atoms with Crippen LogP contribution in [0.3, 0.4) is 0 Å². The average molecular weight is 482 g/mol. The van der Waals surface area contributed by atoms with Crippen molar-refractivity contribution in [2.24, 2.45) is 0 Å². The molecule has 2 aromatic carbocycles. The molecule has 4 atom stereocenters. The Hall–Kier alpha value is -2.89. The number of carbonyl (C=O) groups excluding carboxylic acids is 1. The molecule has 3 aliphatic rings. The third kappa shape index (κ3) is 2.73. The van der Waals surface area contributed by atoms with E-state index in [9.17, 15) is 14.9 Å². The van der Waals surface area contributed by atoms with E-state index in [1.807, 2.05) is 36.4 Å². The standard InChI is InChI=1S/C23H20BrN3O4/c1-2-12-31-19-10-9-14(13-16(19)24)20-18-8-5-11-26(18)23(21(20)27(29)30)15-6-3-4-7-17(15)25-22(23)28/h1,3-4,6-7,9-10,13,18,20-21H,5,8,11-12H2,(H,25,28)/t18-,20+,21-,23+/m0/s1. The predicted molar refractivity (Wildman–Crippen MR) is 118 cm³/mol. The number of carbonyl (C=O) groups is 1. The molecule has 7 nitrogen and oxygen atoms in total. The second-order valence-corrected chi connectivity index (χ2v) is 8.96. The molecular formula is C23H20BrN3O4. The molecule has 0 unspecified atom stereocenters. The van der Waals surface area contributed by atoms with Crippen LogP contribution in [0.4, 0.5) is 5.69 Å². The normalized spacial score (nSPS) is 28.8. The molecule has 158 valence electrons. The topological polar surface area (TPSA) is 84.7 Å². The molecule has 2 aromatic rings. The van der Waals surface area contributed by atoms with Crippen LogP contribution in [0.15, 0.2) is 46.9 Å². The molecule has 2 fully saturated rings. The Labute approximate surface area is 188 Å². The van der Waals surface area contributed by atoms with E-state index >= 15 is 0 Å².